The molecule has 0 aliphatic carbocycles. The first kappa shape index (κ1) is 13.2. The van der Waals surface area contributed by atoms with Gasteiger partial charge in [-0.2, -0.15) is 0 Å². The average molecular weight is 236 g/mol. The van der Waals surface area contributed by atoms with Gasteiger partial charge in [0.25, 0.3) is 5.91 Å². The third-order valence-corrected chi connectivity index (χ3v) is 2.46. The summed E-state index contributed by atoms with van der Waals surface area (Å²) in [5, 5.41) is 8.78. The molecule has 92 valence electrons. The molecule has 1 unspecified atom stereocenters. The summed E-state index contributed by atoms with van der Waals surface area (Å²) in [5.41, 5.74) is 1.29. The Kier molecular flexibility index (Phi) is 4.20. The van der Waals surface area contributed by atoms with E-state index in [1.807, 2.05) is 0 Å². The molecule has 0 aliphatic heterocycles. The molecule has 0 radical (unpaired) electrons. The van der Waals surface area contributed by atoms with Gasteiger partial charge in [-0.15, -0.1) is 0 Å². The van der Waals surface area contributed by atoms with Crippen LogP contribution in [0.15, 0.2) is 18.3 Å². The number of pyridine rings is 1. The first-order valence-corrected chi connectivity index (χ1v) is 5.32. The van der Waals surface area contributed by atoms with Crippen molar-refractivity contribution in [2.45, 2.75) is 13.8 Å². The van der Waals surface area contributed by atoms with Crippen molar-refractivity contribution < 1.29 is 14.7 Å². The number of carbonyl (C=O) groups excluding carboxylic acids is 1. The fourth-order valence-corrected chi connectivity index (χ4v) is 1.47. The number of amides is 1. The molecule has 5 heteroatoms. The lowest BCUT2D eigenvalue weighted by Crippen LogP contribution is -2.33. The molecule has 0 bridgehead atoms. The Labute approximate surface area is 100 Å². The highest BCUT2D eigenvalue weighted by atomic mass is 16.4. The molecule has 17 heavy (non-hydrogen) atoms. The molecule has 1 aromatic heterocycles. The van der Waals surface area contributed by atoms with Gasteiger partial charge in [-0.05, 0) is 19.1 Å². The molecule has 5 nitrogen and oxygen atoms in total. The first-order valence-electron chi connectivity index (χ1n) is 5.32. The Balaban J connectivity index is 2.73. The zero-order valence-electron chi connectivity index (χ0n) is 10.2. The molecule has 1 N–H and O–H groups in total. The van der Waals surface area contributed by atoms with E-state index >= 15 is 0 Å². The Hall–Kier alpha value is -1.91. The summed E-state index contributed by atoms with van der Waals surface area (Å²) in [6.45, 7) is 3.57. The van der Waals surface area contributed by atoms with E-state index in [0.29, 0.717) is 5.56 Å². The molecule has 0 fully saturated rings. The maximum absolute atomic E-state index is 12.0. The van der Waals surface area contributed by atoms with E-state index in [-0.39, 0.29) is 12.5 Å². The predicted molar refractivity (Wildman–Crippen MR) is 62.7 cm³/mol. The molecule has 0 saturated heterocycles. The van der Waals surface area contributed by atoms with E-state index in [1.165, 1.54) is 4.90 Å². The van der Waals surface area contributed by atoms with Crippen molar-refractivity contribution in [1.29, 1.82) is 0 Å². The molecule has 1 aromatic rings. The topological polar surface area (TPSA) is 70.5 Å². The third kappa shape index (κ3) is 3.55. The van der Waals surface area contributed by atoms with Crippen LogP contribution in [0.1, 0.15) is 23.0 Å². The molecule has 1 heterocycles. The number of aliphatic carboxylic acids is 1. The Bertz CT molecular complexity index is 432. The van der Waals surface area contributed by atoms with E-state index in [0.717, 1.165) is 5.69 Å². The lowest BCUT2D eigenvalue weighted by atomic mass is 10.1. The summed E-state index contributed by atoms with van der Waals surface area (Å²) in [6, 6.07) is 3.31. The highest BCUT2D eigenvalue weighted by molar-refractivity contribution is 5.94. The van der Waals surface area contributed by atoms with Gasteiger partial charge in [0.1, 0.15) is 0 Å². The Morgan fingerprint density at radius 1 is 1.53 bits per heavy atom. The van der Waals surface area contributed by atoms with Gasteiger partial charge in [0.05, 0.1) is 5.92 Å². The molecular formula is C12H16N2O3. The first-order chi connectivity index (χ1) is 7.91. The van der Waals surface area contributed by atoms with Crippen molar-refractivity contribution >= 4 is 11.9 Å². The largest absolute Gasteiger partial charge is 0.481 e. The number of aryl methyl sites for hydroxylation is 1. The molecule has 1 rings (SSSR count). The van der Waals surface area contributed by atoms with E-state index in [2.05, 4.69) is 4.98 Å². The van der Waals surface area contributed by atoms with Crippen LogP contribution in [0, 0.1) is 12.8 Å². The standard InChI is InChI=1S/C12H16N2O3/c1-8(12(16)17)7-14(3)11(15)10-4-5-13-9(2)6-10/h4-6,8H,7H2,1-3H3,(H,16,17). The smallest absolute Gasteiger partial charge is 0.308 e. The van der Waals surface area contributed by atoms with Crippen molar-refractivity contribution in [3.05, 3.63) is 29.6 Å². The van der Waals surface area contributed by atoms with Gasteiger partial charge in [-0.25, -0.2) is 0 Å². The zero-order chi connectivity index (χ0) is 13.0. The summed E-state index contributed by atoms with van der Waals surface area (Å²) in [6.07, 6.45) is 1.57. The lowest BCUT2D eigenvalue weighted by molar-refractivity contribution is -0.141. The number of carboxylic acid groups (broad SMARTS) is 1. The number of hydrogen-bond donors (Lipinski definition) is 1. The van der Waals surface area contributed by atoms with Crippen LogP contribution in [-0.4, -0.2) is 40.5 Å². The predicted octanol–water partition coefficient (Wildman–Crippen LogP) is 1.18. The SMILES string of the molecule is Cc1cc(C(=O)N(C)CC(C)C(=O)O)ccn1. The number of aromatic nitrogens is 1. The summed E-state index contributed by atoms with van der Waals surface area (Å²) in [4.78, 5) is 28.1. The van der Waals surface area contributed by atoms with Gasteiger partial charge in [0, 0.05) is 31.0 Å². The minimum atomic E-state index is -0.907. The summed E-state index contributed by atoms with van der Waals surface area (Å²) in [5.74, 6) is -1.67. The summed E-state index contributed by atoms with van der Waals surface area (Å²) in [7, 11) is 1.59. The normalized spacial score (nSPS) is 11.9. The van der Waals surface area contributed by atoms with Crippen LogP contribution >= 0.6 is 0 Å². The van der Waals surface area contributed by atoms with Crippen molar-refractivity contribution in [2.75, 3.05) is 13.6 Å². The van der Waals surface area contributed by atoms with Crippen LogP contribution < -0.4 is 0 Å². The summed E-state index contributed by atoms with van der Waals surface area (Å²) >= 11 is 0. The highest BCUT2D eigenvalue weighted by Crippen LogP contribution is 2.07. The van der Waals surface area contributed by atoms with Crippen molar-refractivity contribution in [3.63, 3.8) is 0 Å². The van der Waals surface area contributed by atoms with Gasteiger partial charge >= 0.3 is 5.97 Å². The van der Waals surface area contributed by atoms with Crippen LogP contribution in [0.25, 0.3) is 0 Å². The molecule has 1 amide bonds. The zero-order valence-corrected chi connectivity index (χ0v) is 10.2. The number of carboxylic acids is 1. The van der Waals surface area contributed by atoms with E-state index in [1.54, 1.807) is 39.2 Å². The number of nitrogens with zero attached hydrogens (tertiary/aromatic N) is 2. The Morgan fingerprint density at radius 2 is 2.18 bits per heavy atom. The fourth-order valence-electron chi connectivity index (χ4n) is 1.47. The van der Waals surface area contributed by atoms with Crippen LogP contribution in [0.5, 0.6) is 0 Å². The highest BCUT2D eigenvalue weighted by Gasteiger charge is 2.18. The molecule has 0 spiro atoms. The van der Waals surface area contributed by atoms with Gasteiger partial charge in [-0.3, -0.25) is 14.6 Å². The van der Waals surface area contributed by atoms with Gasteiger partial charge < -0.3 is 10.0 Å². The lowest BCUT2D eigenvalue weighted by Gasteiger charge is -2.19. The van der Waals surface area contributed by atoms with E-state index < -0.39 is 11.9 Å². The second-order valence-electron chi connectivity index (χ2n) is 4.11. The van der Waals surface area contributed by atoms with E-state index in [4.69, 9.17) is 5.11 Å². The van der Waals surface area contributed by atoms with Crippen LogP contribution in [0.2, 0.25) is 0 Å². The summed E-state index contributed by atoms with van der Waals surface area (Å²) < 4.78 is 0. The number of hydrogen-bond acceptors (Lipinski definition) is 3. The minimum absolute atomic E-state index is 0.190. The third-order valence-electron chi connectivity index (χ3n) is 2.46. The molecule has 1 atom stereocenters. The fraction of sp³-hybridized carbons (Fsp3) is 0.417. The van der Waals surface area contributed by atoms with Gasteiger partial charge in [0.2, 0.25) is 0 Å². The maximum Gasteiger partial charge on any atom is 0.308 e. The monoisotopic (exact) mass is 236 g/mol. The van der Waals surface area contributed by atoms with Crippen molar-refractivity contribution in [3.8, 4) is 0 Å². The van der Waals surface area contributed by atoms with Crippen molar-refractivity contribution in [2.24, 2.45) is 5.92 Å². The van der Waals surface area contributed by atoms with Crippen LogP contribution in [-0.2, 0) is 4.79 Å². The Morgan fingerprint density at radius 3 is 2.71 bits per heavy atom. The molecule has 0 aromatic carbocycles. The van der Waals surface area contributed by atoms with Crippen LogP contribution in [0.3, 0.4) is 0 Å². The molecule has 0 saturated carbocycles. The number of carbonyl (C=O) groups is 2. The molecular weight excluding hydrogens is 220 g/mol. The minimum Gasteiger partial charge on any atom is -0.481 e. The second-order valence-corrected chi connectivity index (χ2v) is 4.11. The van der Waals surface area contributed by atoms with Crippen molar-refractivity contribution in [1.82, 2.24) is 9.88 Å². The number of rotatable bonds is 4. The van der Waals surface area contributed by atoms with Gasteiger partial charge in [0.15, 0.2) is 0 Å². The average Bonchev–Trinajstić information content (AvgIpc) is 2.27. The van der Waals surface area contributed by atoms with E-state index in [9.17, 15) is 9.59 Å². The quantitative estimate of drug-likeness (QED) is 0.852. The van der Waals surface area contributed by atoms with Crippen LogP contribution in [0.4, 0.5) is 0 Å². The van der Waals surface area contributed by atoms with Gasteiger partial charge in [-0.1, -0.05) is 6.92 Å². The maximum atomic E-state index is 12.0. The second kappa shape index (κ2) is 5.43. The molecule has 0 aliphatic rings.